The summed E-state index contributed by atoms with van der Waals surface area (Å²) in [6, 6.07) is 0. The molecule has 0 bridgehead atoms. The van der Waals surface area contributed by atoms with Crippen LogP contribution in [0.4, 0.5) is 0 Å². The van der Waals surface area contributed by atoms with Crippen molar-refractivity contribution in [3.63, 3.8) is 0 Å². The van der Waals surface area contributed by atoms with Gasteiger partial charge in [0.05, 0.1) is 18.1 Å². The van der Waals surface area contributed by atoms with E-state index < -0.39 is 0 Å². The Balaban J connectivity index is 1.24. The van der Waals surface area contributed by atoms with Crippen LogP contribution in [0.3, 0.4) is 0 Å². The molecule has 0 saturated carbocycles. The van der Waals surface area contributed by atoms with Crippen LogP contribution < -0.4 is 4.57 Å². The molecule has 1 aliphatic heterocycles. The maximum atomic E-state index is 6.02. The molecule has 1 aromatic rings. The molecule has 0 unspecified atom stereocenters. The molecule has 1 aliphatic rings. The summed E-state index contributed by atoms with van der Waals surface area (Å²) in [6.45, 7) is 6.17. The molecule has 1 saturated heterocycles. The highest BCUT2D eigenvalue weighted by Gasteiger charge is 2.24. The van der Waals surface area contributed by atoms with E-state index >= 15 is 0 Å². The van der Waals surface area contributed by atoms with Gasteiger partial charge in [0.25, 0.3) is 0 Å². The van der Waals surface area contributed by atoms with Crippen LogP contribution in [0.1, 0.15) is 155 Å². The summed E-state index contributed by atoms with van der Waals surface area (Å²) in [6.07, 6.45) is 34.7. The van der Waals surface area contributed by atoms with Gasteiger partial charge in [0.2, 0.25) is 5.51 Å². The molecule has 0 aliphatic carbocycles. The lowest BCUT2D eigenvalue weighted by Gasteiger charge is -2.10. The molecule has 37 heavy (non-hydrogen) atoms. The lowest BCUT2D eigenvalue weighted by molar-refractivity contribution is -0.692. The Labute approximate surface area is 235 Å². The molecule has 0 aromatic carbocycles. The Morgan fingerprint density at radius 3 is 1.89 bits per heavy atom. The molecule has 2 heterocycles. The molecule has 3 nitrogen and oxygen atoms in total. The molecule has 0 N–H and O–H groups in total. The average molecular weight is 537 g/mol. The summed E-state index contributed by atoms with van der Waals surface area (Å²) < 4.78 is 14.3. The van der Waals surface area contributed by atoms with E-state index in [2.05, 4.69) is 28.6 Å². The Hall–Kier alpha value is -0.450. The van der Waals surface area contributed by atoms with Gasteiger partial charge >= 0.3 is 0 Å². The maximum absolute atomic E-state index is 6.02. The van der Waals surface area contributed by atoms with Gasteiger partial charge in [-0.15, -0.1) is 0 Å². The largest absolute Gasteiger partial charge is 0.379 e. The maximum Gasteiger partial charge on any atom is 0.224 e. The minimum absolute atomic E-state index is 0.357. The van der Waals surface area contributed by atoms with Crippen molar-refractivity contribution in [3.05, 3.63) is 17.1 Å². The van der Waals surface area contributed by atoms with Crippen LogP contribution in [-0.4, -0.2) is 25.9 Å². The Morgan fingerprint density at radius 1 is 0.730 bits per heavy atom. The molecule has 1 aromatic heterocycles. The fourth-order valence-electron chi connectivity index (χ4n) is 5.71. The Bertz CT molecular complexity index is 579. The van der Waals surface area contributed by atoms with Gasteiger partial charge in [-0.1, -0.05) is 134 Å². The summed E-state index contributed by atoms with van der Waals surface area (Å²) in [5.41, 5.74) is 2.20. The number of thiazole rings is 1. The molecule has 4 heteroatoms. The van der Waals surface area contributed by atoms with Crippen LogP contribution in [0, 0.1) is 5.92 Å². The van der Waals surface area contributed by atoms with Crippen molar-refractivity contribution in [1.29, 1.82) is 0 Å². The van der Waals surface area contributed by atoms with E-state index in [4.69, 9.17) is 9.47 Å². The first-order valence-electron chi connectivity index (χ1n) is 16.5. The zero-order valence-electron chi connectivity index (χ0n) is 24.7. The number of hydrogen-bond donors (Lipinski definition) is 0. The van der Waals surface area contributed by atoms with E-state index in [1.165, 1.54) is 154 Å². The summed E-state index contributed by atoms with van der Waals surface area (Å²) >= 11 is 1.78. The molecule has 216 valence electrons. The fourth-order valence-corrected chi connectivity index (χ4v) is 6.34. The topological polar surface area (TPSA) is 22.3 Å². The van der Waals surface area contributed by atoms with Gasteiger partial charge in [-0.3, -0.25) is 0 Å². The van der Waals surface area contributed by atoms with Crippen LogP contribution >= 0.6 is 11.3 Å². The predicted molar refractivity (Wildman–Crippen MR) is 160 cm³/mol. The molecule has 0 spiro atoms. The van der Waals surface area contributed by atoms with Gasteiger partial charge in [0.1, 0.15) is 6.54 Å². The number of nitrogens with zero attached hydrogens (tertiary/aromatic N) is 1. The quantitative estimate of drug-likeness (QED) is 0.0824. The van der Waals surface area contributed by atoms with Crippen LogP contribution in [0.15, 0.2) is 17.1 Å². The first kappa shape index (κ1) is 32.8. The van der Waals surface area contributed by atoms with Crippen molar-refractivity contribution in [2.24, 2.45) is 5.92 Å². The highest BCUT2D eigenvalue weighted by molar-refractivity contribution is 7.07. The van der Waals surface area contributed by atoms with Gasteiger partial charge in [0, 0.05) is 19.6 Å². The first-order chi connectivity index (χ1) is 18.4. The van der Waals surface area contributed by atoms with Gasteiger partial charge in [-0.25, -0.2) is 0 Å². The zero-order valence-corrected chi connectivity index (χ0v) is 25.5. The number of aryl methyl sites for hydroxylation is 1. The van der Waals surface area contributed by atoms with Crippen molar-refractivity contribution in [1.82, 2.24) is 0 Å². The second-order valence-electron chi connectivity index (χ2n) is 11.8. The number of aromatic nitrogens is 1. The standard InChI is InChI=1S/C33H62NO2S/c1-2-3-4-5-6-7-8-9-10-11-12-13-14-17-20-23-32-28-33(36-29-32)30-35-26-22-19-16-15-18-21-24-34-25-27-37-31-34/h25,27,31-33H,2-24,26,28-30H2,1H3/q+1/t32-,33+/m0/s1. The van der Waals surface area contributed by atoms with E-state index in [9.17, 15) is 0 Å². The Morgan fingerprint density at radius 2 is 1.30 bits per heavy atom. The highest BCUT2D eigenvalue weighted by Crippen LogP contribution is 2.25. The number of hydrogen-bond acceptors (Lipinski definition) is 3. The monoisotopic (exact) mass is 536 g/mol. The summed E-state index contributed by atoms with van der Waals surface area (Å²) in [5, 5.41) is 2.15. The van der Waals surface area contributed by atoms with E-state index in [0.717, 1.165) is 25.7 Å². The molecule has 1 fully saturated rings. The number of unbranched alkanes of at least 4 members (excludes halogenated alkanes) is 19. The smallest absolute Gasteiger partial charge is 0.224 e. The number of ether oxygens (including phenoxy) is 2. The lowest BCUT2D eigenvalue weighted by Crippen LogP contribution is -2.29. The van der Waals surface area contributed by atoms with Crippen LogP contribution in [0.5, 0.6) is 0 Å². The molecule has 0 amide bonds. The summed E-state index contributed by atoms with van der Waals surface area (Å²) in [4.78, 5) is 0. The van der Waals surface area contributed by atoms with Crippen LogP contribution in [0.2, 0.25) is 0 Å². The van der Waals surface area contributed by atoms with Gasteiger partial charge < -0.3 is 9.47 Å². The Kier molecular flexibility index (Phi) is 21.8. The van der Waals surface area contributed by atoms with Gasteiger partial charge in [-0.05, 0) is 31.6 Å². The van der Waals surface area contributed by atoms with Gasteiger partial charge in [-0.2, -0.15) is 4.57 Å². The molecular formula is C33H62NO2S+. The third-order valence-electron chi connectivity index (χ3n) is 8.17. The SMILES string of the molecule is CCCCCCCCCCCCCCCCC[C@@H]1CO[C@@H](COCCCCCCCC[n+]2ccsc2)C1. The third kappa shape index (κ3) is 19.3. The minimum atomic E-state index is 0.357. The fraction of sp³-hybridized carbons (Fsp3) is 0.909. The summed E-state index contributed by atoms with van der Waals surface area (Å²) in [7, 11) is 0. The zero-order chi connectivity index (χ0) is 26.1. The van der Waals surface area contributed by atoms with E-state index in [-0.39, 0.29) is 0 Å². The minimum Gasteiger partial charge on any atom is -0.379 e. The predicted octanol–water partition coefficient (Wildman–Crippen LogP) is 10.1. The normalized spacial score (nSPS) is 17.6. The van der Waals surface area contributed by atoms with Crippen molar-refractivity contribution in [2.45, 2.75) is 167 Å². The molecule has 2 rings (SSSR count). The second-order valence-corrected chi connectivity index (χ2v) is 12.5. The number of rotatable bonds is 27. The summed E-state index contributed by atoms with van der Waals surface area (Å²) in [5.74, 6) is 0.780. The van der Waals surface area contributed by atoms with Crippen molar-refractivity contribution in [2.75, 3.05) is 19.8 Å². The van der Waals surface area contributed by atoms with E-state index in [0.29, 0.717) is 6.10 Å². The van der Waals surface area contributed by atoms with Gasteiger partial charge in [0.15, 0.2) is 6.20 Å². The molecular weight excluding hydrogens is 474 g/mol. The van der Waals surface area contributed by atoms with Crippen molar-refractivity contribution >= 4 is 11.3 Å². The molecule has 2 atom stereocenters. The molecule has 0 radical (unpaired) electrons. The van der Waals surface area contributed by atoms with Crippen molar-refractivity contribution in [3.8, 4) is 0 Å². The van der Waals surface area contributed by atoms with E-state index in [1.807, 2.05) is 0 Å². The lowest BCUT2D eigenvalue weighted by atomic mass is 9.97. The second kappa shape index (κ2) is 24.6. The highest BCUT2D eigenvalue weighted by atomic mass is 32.1. The van der Waals surface area contributed by atoms with Crippen molar-refractivity contribution < 1.29 is 14.0 Å². The average Bonchev–Trinajstić information content (AvgIpc) is 3.60. The van der Waals surface area contributed by atoms with Crippen LogP contribution in [0.25, 0.3) is 0 Å². The third-order valence-corrected chi connectivity index (χ3v) is 8.84. The first-order valence-corrected chi connectivity index (χ1v) is 17.4. The van der Waals surface area contributed by atoms with E-state index in [1.54, 1.807) is 11.3 Å². The van der Waals surface area contributed by atoms with Crippen LogP contribution in [-0.2, 0) is 16.0 Å².